The summed E-state index contributed by atoms with van der Waals surface area (Å²) in [4.78, 5) is 11.1. The molecule has 0 aliphatic carbocycles. The molecular formula is C11H10O4. The van der Waals surface area contributed by atoms with Gasteiger partial charge >= 0.3 is 5.63 Å². The molecule has 0 aliphatic heterocycles. The molecule has 2 aromatic rings. The summed E-state index contributed by atoms with van der Waals surface area (Å²) in [7, 11) is 1.50. The number of aliphatic hydroxyl groups is 1. The minimum absolute atomic E-state index is 0.103. The van der Waals surface area contributed by atoms with Crippen molar-refractivity contribution in [3.05, 3.63) is 40.2 Å². The molecule has 4 heteroatoms. The Bertz CT molecular complexity index is 542. The third-order valence-corrected chi connectivity index (χ3v) is 2.23. The maximum absolute atomic E-state index is 11.1. The van der Waals surface area contributed by atoms with Gasteiger partial charge in [-0.05, 0) is 17.7 Å². The van der Waals surface area contributed by atoms with Gasteiger partial charge in [-0.15, -0.1) is 0 Å². The van der Waals surface area contributed by atoms with Crippen molar-refractivity contribution in [3.63, 3.8) is 0 Å². The summed E-state index contributed by atoms with van der Waals surface area (Å²) in [5.74, 6) is 0.486. The summed E-state index contributed by atoms with van der Waals surface area (Å²) in [5, 5.41) is 9.80. The monoisotopic (exact) mass is 206 g/mol. The van der Waals surface area contributed by atoms with Crippen LogP contribution in [-0.4, -0.2) is 12.2 Å². The molecule has 0 saturated heterocycles. The van der Waals surface area contributed by atoms with Crippen LogP contribution in [0.3, 0.4) is 0 Å². The van der Waals surface area contributed by atoms with E-state index in [0.29, 0.717) is 22.3 Å². The van der Waals surface area contributed by atoms with E-state index in [1.54, 1.807) is 18.2 Å². The molecule has 0 saturated carbocycles. The molecule has 1 aromatic heterocycles. The molecule has 4 nitrogen and oxygen atoms in total. The lowest BCUT2D eigenvalue weighted by molar-refractivity contribution is 0.283. The average molecular weight is 206 g/mol. The van der Waals surface area contributed by atoms with Gasteiger partial charge in [0.2, 0.25) is 0 Å². The van der Waals surface area contributed by atoms with Gasteiger partial charge in [-0.2, -0.15) is 0 Å². The minimum Gasteiger partial charge on any atom is -0.493 e. The topological polar surface area (TPSA) is 59.7 Å². The second-order valence-electron chi connectivity index (χ2n) is 3.08. The van der Waals surface area contributed by atoms with Crippen LogP contribution >= 0.6 is 0 Å². The Morgan fingerprint density at radius 2 is 2.13 bits per heavy atom. The third-order valence-electron chi connectivity index (χ3n) is 2.23. The molecule has 1 N–H and O–H groups in total. The maximum Gasteiger partial charge on any atom is 0.336 e. The van der Waals surface area contributed by atoms with Crippen molar-refractivity contribution in [2.45, 2.75) is 6.61 Å². The summed E-state index contributed by atoms with van der Waals surface area (Å²) < 4.78 is 10.1. The first-order chi connectivity index (χ1) is 7.26. The van der Waals surface area contributed by atoms with Crippen LogP contribution in [0.1, 0.15) is 5.56 Å². The minimum atomic E-state index is -0.434. The smallest absolute Gasteiger partial charge is 0.336 e. The van der Waals surface area contributed by atoms with Crippen LogP contribution in [0.5, 0.6) is 5.75 Å². The molecule has 78 valence electrons. The van der Waals surface area contributed by atoms with Crippen LogP contribution < -0.4 is 10.4 Å². The lowest BCUT2D eigenvalue weighted by Gasteiger charge is -2.06. The van der Waals surface area contributed by atoms with Crippen molar-refractivity contribution < 1.29 is 14.3 Å². The first-order valence-corrected chi connectivity index (χ1v) is 4.47. The molecule has 0 atom stereocenters. The zero-order chi connectivity index (χ0) is 10.8. The number of fused-ring (bicyclic) bond motifs is 1. The van der Waals surface area contributed by atoms with E-state index >= 15 is 0 Å². The Morgan fingerprint density at radius 3 is 2.80 bits per heavy atom. The van der Waals surface area contributed by atoms with Crippen molar-refractivity contribution in [3.8, 4) is 5.75 Å². The molecule has 0 radical (unpaired) electrons. The molecule has 0 fully saturated rings. The maximum atomic E-state index is 11.1. The lowest BCUT2D eigenvalue weighted by atomic mass is 10.1. The molecular weight excluding hydrogens is 196 g/mol. The van der Waals surface area contributed by atoms with Crippen molar-refractivity contribution in [1.29, 1.82) is 0 Å². The van der Waals surface area contributed by atoms with Gasteiger partial charge in [0.25, 0.3) is 0 Å². The number of hydrogen-bond acceptors (Lipinski definition) is 4. The number of ether oxygens (including phenoxy) is 1. The second-order valence-corrected chi connectivity index (χ2v) is 3.08. The average Bonchev–Trinajstić information content (AvgIpc) is 2.27. The summed E-state index contributed by atoms with van der Waals surface area (Å²) >= 11 is 0. The number of rotatable bonds is 2. The number of methoxy groups -OCH3 is 1. The van der Waals surface area contributed by atoms with Gasteiger partial charge in [0.15, 0.2) is 11.3 Å². The zero-order valence-corrected chi connectivity index (χ0v) is 8.19. The van der Waals surface area contributed by atoms with Crippen LogP contribution in [0, 0.1) is 0 Å². The van der Waals surface area contributed by atoms with E-state index in [1.165, 1.54) is 13.2 Å². The summed E-state index contributed by atoms with van der Waals surface area (Å²) in [6, 6.07) is 6.34. The fraction of sp³-hybridized carbons (Fsp3) is 0.182. The van der Waals surface area contributed by atoms with Crippen LogP contribution in [0.4, 0.5) is 0 Å². The molecule has 1 aromatic carbocycles. The number of hydrogen-bond donors (Lipinski definition) is 1. The van der Waals surface area contributed by atoms with E-state index in [9.17, 15) is 4.79 Å². The van der Waals surface area contributed by atoms with Crippen LogP contribution in [0.25, 0.3) is 11.0 Å². The highest BCUT2D eigenvalue weighted by Crippen LogP contribution is 2.26. The van der Waals surface area contributed by atoms with Crippen LogP contribution in [0.2, 0.25) is 0 Å². The van der Waals surface area contributed by atoms with Gasteiger partial charge < -0.3 is 14.3 Å². The molecule has 0 amide bonds. The van der Waals surface area contributed by atoms with E-state index in [0.717, 1.165) is 0 Å². The highest BCUT2D eigenvalue weighted by atomic mass is 16.5. The second kappa shape index (κ2) is 3.74. The van der Waals surface area contributed by atoms with Crippen molar-refractivity contribution in [2.75, 3.05) is 7.11 Å². The summed E-state index contributed by atoms with van der Waals surface area (Å²) in [6.07, 6.45) is 0. The lowest BCUT2D eigenvalue weighted by Crippen LogP contribution is -1.98. The van der Waals surface area contributed by atoms with E-state index in [4.69, 9.17) is 14.3 Å². The molecule has 2 rings (SSSR count). The van der Waals surface area contributed by atoms with Gasteiger partial charge in [-0.1, -0.05) is 6.07 Å². The molecule has 0 bridgehead atoms. The van der Waals surface area contributed by atoms with E-state index in [-0.39, 0.29) is 6.61 Å². The summed E-state index contributed by atoms with van der Waals surface area (Å²) in [5.41, 5.74) is 0.641. The summed E-state index contributed by atoms with van der Waals surface area (Å²) in [6.45, 7) is -0.103. The fourth-order valence-electron chi connectivity index (χ4n) is 1.49. The normalized spacial score (nSPS) is 10.5. The fourth-order valence-corrected chi connectivity index (χ4v) is 1.49. The van der Waals surface area contributed by atoms with Gasteiger partial charge in [0.1, 0.15) is 0 Å². The van der Waals surface area contributed by atoms with E-state index < -0.39 is 5.63 Å². The van der Waals surface area contributed by atoms with Gasteiger partial charge in [0, 0.05) is 11.5 Å². The van der Waals surface area contributed by atoms with E-state index in [1.807, 2.05) is 0 Å². The Labute approximate surface area is 85.7 Å². The Kier molecular flexibility index (Phi) is 2.43. The van der Waals surface area contributed by atoms with Crippen LogP contribution in [0.15, 0.2) is 33.5 Å². The van der Waals surface area contributed by atoms with Gasteiger partial charge in [-0.3, -0.25) is 0 Å². The highest BCUT2D eigenvalue weighted by molar-refractivity contribution is 5.85. The molecule has 1 heterocycles. The largest absolute Gasteiger partial charge is 0.493 e. The number of aliphatic hydroxyl groups excluding tert-OH is 1. The zero-order valence-electron chi connectivity index (χ0n) is 8.19. The standard InChI is InChI=1S/C11H10O4/c1-14-9-4-2-7(6-12)8-3-5-10(13)15-11(8)9/h2-5,12H,6H2,1H3. The Morgan fingerprint density at radius 1 is 1.33 bits per heavy atom. The van der Waals surface area contributed by atoms with Gasteiger partial charge in [-0.25, -0.2) is 4.79 Å². The number of benzene rings is 1. The van der Waals surface area contributed by atoms with Crippen molar-refractivity contribution in [1.82, 2.24) is 0 Å². The highest BCUT2D eigenvalue weighted by Gasteiger charge is 2.08. The Balaban J connectivity index is 2.86. The quantitative estimate of drug-likeness (QED) is 0.752. The molecule has 0 spiro atoms. The predicted molar refractivity (Wildman–Crippen MR) is 55.0 cm³/mol. The van der Waals surface area contributed by atoms with Crippen LogP contribution in [-0.2, 0) is 6.61 Å². The molecule has 0 unspecified atom stereocenters. The van der Waals surface area contributed by atoms with Crippen molar-refractivity contribution >= 4 is 11.0 Å². The first-order valence-electron chi connectivity index (χ1n) is 4.47. The van der Waals surface area contributed by atoms with E-state index in [2.05, 4.69) is 0 Å². The molecule has 15 heavy (non-hydrogen) atoms. The SMILES string of the molecule is COc1ccc(CO)c2ccc(=O)oc12. The molecule has 0 aliphatic rings. The van der Waals surface area contributed by atoms with Crippen molar-refractivity contribution in [2.24, 2.45) is 0 Å². The predicted octanol–water partition coefficient (Wildman–Crippen LogP) is 1.29. The first kappa shape index (κ1) is 9.73. The third kappa shape index (κ3) is 1.59. The van der Waals surface area contributed by atoms with Gasteiger partial charge in [0.05, 0.1) is 13.7 Å². The Hall–Kier alpha value is -1.81.